The second kappa shape index (κ2) is 10.4. The van der Waals surface area contributed by atoms with Gasteiger partial charge in [-0.1, -0.05) is 37.6 Å². The second-order valence-electron chi connectivity index (χ2n) is 7.86. The fraction of sp³-hybridized carbons (Fsp3) is 0.269. The predicted molar refractivity (Wildman–Crippen MR) is 129 cm³/mol. The number of hydrogen-bond acceptors (Lipinski definition) is 4. The van der Waals surface area contributed by atoms with Crippen LogP contribution in [0.4, 0.5) is 5.69 Å². The molecule has 1 N–H and O–H groups in total. The van der Waals surface area contributed by atoms with Crippen LogP contribution in [0.2, 0.25) is 5.02 Å². The predicted octanol–water partition coefficient (Wildman–Crippen LogP) is 6.98. The van der Waals surface area contributed by atoms with E-state index in [0.29, 0.717) is 28.0 Å². The van der Waals surface area contributed by atoms with Crippen molar-refractivity contribution in [3.8, 4) is 23.0 Å². The first-order chi connectivity index (χ1) is 15.3. The lowest BCUT2D eigenvalue weighted by Crippen LogP contribution is -2.30. The van der Waals surface area contributed by atoms with Crippen LogP contribution in [-0.4, -0.2) is 19.1 Å². The SMILES string of the molecule is COc1ccc(Oc2ccc(Cl)cc2NC(=O)C(C)Oc2cc(C)ccc2C(C)C)cc1. The molecule has 1 amide bonds. The molecule has 0 radical (unpaired) electrons. The van der Waals surface area contributed by atoms with E-state index < -0.39 is 6.10 Å². The molecule has 0 aliphatic carbocycles. The summed E-state index contributed by atoms with van der Waals surface area (Å²) in [5.74, 6) is 2.49. The van der Waals surface area contributed by atoms with Gasteiger partial charge < -0.3 is 19.5 Å². The number of rotatable bonds is 8. The lowest BCUT2D eigenvalue weighted by molar-refractivity contribution is -0.122. The highest BCUT2D eigenvalue weighted by molar-refractivity contribution is 6.31. The minimum atomic E-state index is -0.720. The molecule has 0 spiro atoms. The van der Waals surface area contributed by atoms with E-state index in [1.165, 1.54) is 0 Å². The summed E-state index contributed by atoms with van der Waals surface area (Å²) in [5, 5.41) is 3.36. The van der Waals surface area contributed by atoms with Crippen molar-refractivity contribution < 1.29 is 19.0 Å². The topological polar surface area (TPSA) is 56.8 Å². The molecular formula is C26H28ClNO4. The Balaban J connectivity index is 1.77. The van der Waals surface area contributed by atoms with Gasteiger partial charge >= 0.3 is 0 Å². The van der Waals surface area contributed by atoms with Crippen LogP contribution in [0.25, 0.3) is 0 Å². The number of hydrogen-bond donors (Lipinski definition) is 1. The molecule has 6 heteroatoms. The molecule has 1 unspecified atom stereocenters. The molecule has 0 aliphatic heterocycles. The third-order valence-corrected chi connectivity index (χ3v) is 5.19. The number of halogens is 1. The number of methoxy groups -OCH3 is 1. The summed E-state index contributed by atoms with van der Waals surface area (Å²) in [6, 6.07) is 18.3. The Hall–Kier alpha value is -3.18. The van der Waals surface area contributed by atoms with Gasteiger partial charge in [-0.2, -0.15) is 0 Å². The van der Waals surface area contributed by atoms with Crippen LogP contribution in [-0.2, 0) is 4.79 Å². The Labute approximate surface area is 194 Å². The molecule has 0 aliphatic rings. The van der Waals surface area contributed by atoms with Crippen molar-refractivity contribution in [2.75, 3.05) is 12.4 Å². The van der Waals surface area contributed by atoms with Gasteiger partial charge in [0.1, 0.15) is 17.2 Å². The molecular weight excluding hydrogens is 426 g/mol. The van der Waals surface area contributed by atoms with Gasteiger partial charge in [-0.05, 0) is 79.4 Å². The Morgan fingerprint density at radius 2 is 1.59 bits per heavy atom. The molecule has 3 aromatic carbocycles. The lowest BCUT2D eigenvalue weighted by Gasteiger charge is -2.20. The maximum atomic E-state index is 12.9. The third-order valence-electron chi connectivity index (χ3n) is 4.95. The van der Waals surface area contributed by atoms with Crippen molar-refractivity contribution in [2.24, 2.45) is 0 Å². The van der Waals surface area contributed by atoms with Crippen LogP contribution >= 0.6 is 11.6 Å². The minimum absolute atomic E-state index is 0.276. The molecule has 0 fully saturated rings. The third kappa shape index (κ3) is 5.95. The van der Waals surface area contributed by atoms with Crippen molar-refractivity contribution in [3.05, 3.63) is 76.8 Å². The highest BCUT2D eigenvalue weighted by Crippen LogP contribution is 2.33. The van der Waals surface area contributed by atoms with E-state index in [0.717, 1.165) is 16.9 Å². The van der Waals surface area contributed by atoms with Crippen molar-refractivity contribution in [2.45, 2.75) is 39.7 Å². The number of carbonyl (C=O) groups is 1. The van der Waals surface area contributed by atoms with Crippen LogP contribution < -0.4 is 19.5 Å². The minimum Gasteiger partial charge on any atom is -0.497 e. The first-order valence-corrected chi connectivity index (χ1v) is 10.8. The molecule has 5 nitrogen and oxygen atoms in total. The van der Waals surface area contributed by atoms with E-state index in [-0.39, 0.29) is 11.8 Å². The zero-order valence-electron chi connectivity index (χ0n) is 18.9. The van der Waals surface area contributed by atoms with Crippen LogP contribution in [0.15, 0.2) is 60.7 Å². The summed E-state index contributed by atoms with van der Waals surface area (Å²) in [4.78, 5) is 12.9. The summed E-state index contributed by atoms with van der Waals surface area (Å²) >= 11 is 6.17. The van der Waals surface area contributed by atoms with Gasteiger partial charge in [0.2, 0.25) is 0 Å². The van der Waals surface area contributed by atoms with Gasteiger partial charge in [0, 0.05) is 5.02 Å². The van der Waals surface area contributed by atoms with Crippen molar-refractivity contribution in [3.63, 3.8) is 0 Å². The largest absolute Gasteiger partial charge is 0.497 e. The molecule has 1 atom stereocenters. The summed E-state index contributed by atoms with van der Waals surface area (Å²) < 4.78 is 17.2. The average Bonchev–Trinajstić information content (AvgIpc) is 2.76. The quantitative estimate of drug-likeness (QED) is 0.399. The standard InChI is InChI=1S/C26H28ClNO4/c1-16(2)22-12-6-17(3)14-25(22)31-18(4)26(29)28-23-15-19(27)7-13-24(23)32-21-10-8-20(30-5)9-11-21/h6-16,18H,1-5H3,(H,28,29). The number of amides is 1. The van der Waals surface area contributed by atoms with E-state index in [1.54, 1.807) is 56.5 Å². The van der Waals surface area contributed by atoms with Crippen LogP contribution in [0.3, 0.4) is 0 Å². The van der Waals surface area contributed by atoms with E-state index in [1.807, 2.05) is 25.1 Å². The first kappa shape index (κ1) is 23.5. The zero-order valence-corrected chi connectivity index (χ0v) is 19.7. The van der Waals surface area contributed by atoms with E-state index in [9.17, 15) is 4.79 Å². The highest BCUT2D eigenvalue weighted by Gasteiger charge is 2.20. The zero-order chi connectivity index (χ0) is 23.3. The van der Waals surface area contributed by atoms with E-state index in [4.69, 9.17) is 25.8 Å². The molecule has 0 heterocycles. The summed E-state index contributed by atoms with van der Waals surface area (Å²) in [5.41, 5.74) is 2.59. The van der Waals surface area contributed by atoms with Gasteiger partial charge in [-0.15, -0.1) is 0 Å². The molecule has 0 aromatic heterocycles. The number of nitrogens with one attached hydrogen (secondary N) is 1. The average molecular weight is 454 g/mol. The molecule has 3 rings (SSSR count). The molecule has 0 saturated heterocycles. The smallest absolute Gasteiger partial charge is 0.265 e. The van der Waals surface area contributed by atoms with Crippen LogP contribution in [0.5, 0.6) is 23.0 Å². The van der Waals surface area contributed by atoms with Crippen LogP contribution in [0, 0.1) is 6.92 Å². The summed E-state index contributed by atoms with van der Waals surface area (Å²) in [7, 11) is 1.60. The van der Waals surface area contributed by atoms with Gasteiger partial charge in [-0.3, -0.25) is 4.79 Å². The van der Waals surface area contributed by atoms with Gasteiger partial charge in [-0.25, -0.2) is 0 Å². The Kier molecular flexibility index (Phi) is 7.65. The van der Waals surface area contributed by atoms with E-state index >= 15 is 0 Å². The normalized spacial score (nSPS) is 11.7. The summed E-state index contributed by atoms with van der Waals surface area (Å²) in [6.07, 6.45) is -0.720. The van der Waals surface area contributed by atoms with Crippen LogP contribution in [0.1, 0.15) is 37.8 Å². The van der Waals surface area contributed by atoms with E-state index in [2.05, 4.69) is 19.2 Å². The fourth-order valence-corrected chi connectivity index (χ4v) is 3.33. The Morgan fingerprint density at radius 1 is 0.906 bits per heavy atom. The molecule has 3 aromatic rings. The van der Waals surface area contributed by atoms with Gasteiger partial charge in [0.05, 0.1) is 12.8 Å². The lowest BCUT2D eigenvalue weighted by atomic mass is 10.0. The molecule has 0 bridgehead atoms. The summed E-state index contributed by atoms with van der Waals surface area (Å²) in [6.45, 7) is 7.90. The first-order valence-electron chi connectivity index (χ1n) is 10.5. The molecule has 0 saturated carbocycles. The monoisotopic (exact) mass is 453 g/mol. The highest BCUT2D eigenvalue weighted by atomic mass is 35.5. The number of benzene rings is 3. The Bertz CT molecular complexity index is 1080. The number of ether oxygens (including phenoxy) is 3. The second-order valence-corrected chi connectivity index (χ2v) is 8.30. The van der Waals surface area contributed by atoms with Crippen molar-refractivity contribution >= 4 is 23.2 Å². The van der Waals surface area contributed by atoms with Crippen molar-refractivity contribution in [1.82, 2.24) is 0 Å². The fourth-order valence-electron chi connectivity index (χ4n) is 3.16. The Morgan fingerprint density at radius 3 is 2.25 bits per heavy atom. The maximum Gasteiger partial charge on any atom is 0.265 e. The number of anilines is 1. The van der Waals surface area contributed by atoms with Gasteiger partial charge in [0.15, 0.2) is 11.9 Å². The van der Waals surface area contributed by atoms with Gasteiger partial charge in [0.25, 0.3) is 5.91 Å². The number of aryl methyl sites for hydroxylation is 1. The molecule has 168 valence electrons. The molecule has 32 heavy (non-hydrogen) atoms. The van der Waals surface area contributed by atoms with Crippen molar-refractivity contribution in [1.29, 1.82) is 0 Å². The maximum absolute atomic E-state index is 12.9. The number of carbonyl (C=O) groups excluding carboxylic acids is 1.